The van der Waals surface area contributed by atoms with Gasteiger partial charge in [-0.2, -0.15) is 10.9 Å². The third-order valence-electron chi connectivity index (χ3n) is 4.43. The summed E-state index contributed by atoms with van der Waals surface area (Å²) in [5.74, 6) is 1.91. The van der Waals surface area contributed by atoms with Crippen molar-refractivity contribution in [2.24, 2.45) is 0 Å². The summed E-state index contributed by atoms with van der Waals surface area (Å²) < 4.78 is 12.4. The number of aromatic nitrogens is 2. The third kappa shape index (κ3) is 2.57. The molecule has 3 aromatic rings. The zero-order chi connectivity index (χ0) is 18.3. The van der Waals surface area contributed by atoms with Gasteiger partial charge in [0, 0.05) is 10.9 Å². The molecule has 1 aromatic heterocycles. The summed E-state index contributed by atoms with van der Waals surface area (Å²) in [6, 6.07) is 11.9. The predicted molar refractivity (Wildman–Crippen MR) is 97.0 cm³/mol. The van der Waals surface area contributed by atoms with Gasteiger partial charge in [-0.05, 0) is 37.3 Å². The van der Waals surface area contributed by atoms with Crippen LogP contribution in [-0.4, -0.2) is 25.2 Å². The fraction of sp³-hybridized carbons (Fsp3) is 0.211. The van der Waals surface area contributed by atoms with Gasteiger partial charge in [0.1, 0.15) is 5.69 Å². The second kappa shape index (κ2) is 6.18. The molecule has 1 aliphatic heterocycles. The van der Waals surface area contributed by atoms with Crippen LogP contribution in [0, 0.1) is 6.92 Å². The Hall–Kier alpha value is -3.35. The largest absolute Gasteiger partial charge is 0.493 e. The van der Waals surface area contributed by atoms with Crippen LogP contribution in [0.1, 0.15) is 5.56 Å². The molecular formula is C19H19N4O3+. The zero-order valence-electron chi connectivity index (χ0n) is 14.8. The molecule has 2 N–H and O–H groups in total. The number of benzene rings is 2. The monoisotopic (exact) mass is 351 g/mol. The number of hydrazine groups is 1. The zero-order valence-corrected chi connectivity index (χ0v) is 14.8. The highest BCUT2D eigenvalue weighted by Gasteiger charge is 2.27. The summed E-state index contributed by atoms with van der Waals surface area (Å²) in [5.41, 5.74) is 8.40. The molecular weight excluding hydrogens is 332 g/mol. The minimum atomic E-state index is -0.139. The number of hydrogen-bond donors (Lipinski definition) is 2. The molecule has 0 unspecified atom stereocenters. The molecule has 0 saturated heterocycles. The van der Waals surface area contributed by atoms with Crippen molar-refractivity contribution >= 4 is 22.5 Å². The van der Waals surface area contributed by atoms with Crippen molar-refractivity contribution in [3.8, 4) is 22.8 Å². The minimum absolute atomic E-state index is 0.139. The van der Waals surface area contributed by atoms with Crippen molar-refractivity contribution in [2.75, 3.05) is 19.6 Å². The number of fused-ring (bicyclic) bond motifs is 3. The summed E-state index contributed by atoms with van der Waals surface area (Å²) in [7, 11) is 3.21. The molecule has 4 rings (SSSR count). The van der Waals surface area contributed by atoms with Crippen molar-refractivity contribution in [2.45, 2.75) is 13.5 Å². The molecule has 1 amide bonds. The normalized spacial score (nSPS) is 13.0. The van der Waals surface area contributed by atoms with E-state index in [4.69, 9.17) is 14.6 Å². The molecule has 2 aromatic carbocycles. The Morgan fingerprint density at radius 2 is 1.81 bits per heavy atom. The van der Waals surface area contributed by atoms with E-state index in [0.717, 1.165) is 33.4 Å². The molecule has 0 spiro atoms. The second-order valence-corrected chi connectivity index (χ2v) is 6.15. The molecule has 7 heteroatoms. The molecule has 132 valence electrons. The van der Waals surface area contributed by atoms with E-state index < -0.39 is 0 Å². The van der Waals surface area contributed by atoms with Crippen LogP contribution in [-0.2, 0) is 11.3 Å². The molecule has 0 saturated carbocycles. The molecule has 2 heterocycles. The topological polar surface area (TPSA) is 76.4 Å². The number of ether oxygens (including phenoxy) is 2. The highest BCUT2D eigenvalue weighted by Crippen LogP contribution is 2.35. The first-order valence-corrected chi connectivity index (χ1v) is 8.22. The van der Waals surface area contributed by atoms with E-state index in [1.54, 1.807) is 18.9 Å². The lowest BCUT2D eigenvalue weighted by molar-refractivity contribution is -0.729. The van der Waals surface area contributed by atoms with E-state index in [-0.39, 0.29) is 12.5 Å². The molecule has 26 heavy (non-hydrogen) atoms. The summed E-state index contributed by atoms with van der Waals surface area (Å²) >= 11 is 0. The number of anilines is 1. The number of amides is 1. The van der Waals surface area contributed by atoms with Gasteiger partial charge in [0.2, 0.25) is 0 Å². The Morgan fingerprint density at radius 1 is 1.00 bits per heavy atom. The Kier molecular flexibility index (Phi) is 3.84. The lowest BCUT2D eigenvalue weighted by Gasteiger charge is -2.16. The van der Waals surface area contributed by atoms with Gasteiger partial charge < -0.3 is 9.47 Å². The molecule has 0 fully saturated rings. The van der Waals surface area contributed by atoms with Crippen LogP contribution >= 0.6 is 0 Å². The minimum Gasteiger partial charge on any atom is -0.493 e. The highest BCUT2D eigenvalue weighted by molar-refractivity contribution is 6.00. The number of aryl methyl sites for hydroxylation is 1. The Labute approximate surface area is 150 Å². The standard InChI is InChI=1S/C19H18N4O3/c1-11-4-6-13-14(8-11)18(22-23-10-17(24)20-21-19(13)23)12-5-7-15(25-2)16(9-12)26-3/h4-9H,10H2,1-3H3,(H,20,22,24)/p+1. The van der Waals surface area contributed by atoms with Gasteiger partial charge >= 0.3 is 5.82 Å². The van der Waals surface area contributed by atoms with Crippen molar-refractivity contribution in [1.29, 1.82) is 0 Å². The Bertz CT molecular complexity index is 1030. The number of methoxy groups -OCH3 is 2. The quantitative estimate of drug-likeness (QED) is 0.706. The number of hydrogen-bond acceptors (Lipinski definition) is 5. The Morgan fingerprint density at radius 3 is 2.58 bits per heavy atom. The van der Waals surface area contributed by atoms with Crippen LogP contribution in [0.25, 0.3) is 22.0 Å². The van der Waals surface area contributed by atoms with Crippen molar-refractivity contribution in [1.82, 2.24) is 10.5 Å². The lowest BCUT2D eigenvalue weighted by Crippen LogP contribution is -2.55. The fourth-order valence-electron chi connectivity index (χ4n) is 3.17. The average molecular weight is 351 g/mol. The van der Waals surface area contributed by atoms with Crippen molar-refractivity contribution in [3.63, 3.8) is 0 Å². The Balaban J connectivity index is 2.00. The summed E-state index contributed by atoms with van der Waals surface area (Å²) in [5, 5.41) is 6.71. The molecule has 0 bridgehead atoms. The molecule has 0 aliphatic carbocycles. The second-order valence-electron chi connectivity index (χ2n) is 6.15. The van der Waals surface area contributed by atoms with Gasteiger partial charge in [-0.1, -0.05) is 16.7 Å². The number of carbonyl (C=O) groups is 1. The number of carbonyl (C=O) groups excluding carboxylic acids is 1. The average Bonchev–Trinajstić information content (AvgIpc) is 2.66. The van der Waals surface area contributed by atoms with Crippen molar-refractivity contribution < 1.29 is 19.0 Å². The maximum absolute atomic E-state index is 11.8. The van der Waals surface area contributed by atoms with Crippen LogP contribution in [0.5, 0.6) is 11.5 Å². The molecule has 7 nitrogen and oxygen atoms in total. The number of nitrogens with zero attached hydrogens (tertiary/aromatic N) is 2. The van der Waals surface area contributed by atoms with Gasteiger partial charge in [-0.15, -0.1) is 4.68 Å². The van der Waals surface area contributed by atoms with Crippen molar-refractivity contribution in [3.05, 3.63) is 42.0 Å². The molecule has 1 aliphatic rings. The van der Waals surface area contributed by atoms with E-state index in [1.165, 1.54) is 0 Å². The summed E-state index contributed by atoms with van der Waals surface area (Å²) in [6.07, 6.45) is 0. The van der Waals surface area contributed by atoms with Crippen LogP contribution < -0.4 is 25.0 Å². The van der Waals surface area contributed by atoms with E-state index in [0.29, 0.717) is 11.5 Å². The van der Waals surface area contributed by atoms with Crippen LogP contribution in [0.15, 0.2) is 36.4 Å². The summed E-state index contributed by atoms with van der Waals surface area (Å²) in [6.45, 7) is 2.20. The van der Waals surface area contributed by atoms with E-state index >= 15 is 0 Å². The van der Waals surface area contributed by atoms with Crippen LogP contribution in [0.2, 0.25) is 0 Å². The first kappa shape index (κ1) is 16.1. The number of rotatable bonds is 3. The molecule has 0 radical (unpaired) electrons. The molecule has 0 atom stereocenters. The maximum Gasteiger partial charge on any atom is 0.327 e. The first-order chi connectivity index (χ1) is 12.6. The highest BCUT2D eigenvalue weighted by atomic mass is 16.5. The third-order valence-corrected chi connectivity index (χ3v) is 4.43. The van der Waals surface area contributed by atoms with E-state index in [9.17, 15) is 4.79 Å². The maximum atomic E-state index is 11.8. The van der Waals surface area contributed by atoms with Gasteiger partial charge in [-0.25, -0.2) is 0 Å². The van der Waals surface area contributed by atoms with Gasteiger partial charge in [-0.3, -0.25) is 4.79 Å². The van der Waals surface area contributed by atoms with Gasteiger partial charge in [0.15, 0.2) is 18.0 Å². The lowest BCUT2D eigenvalue weighted by atomic mass is 10.0. The van der Waals surface area contributed by atoms with Gasteiger partial charge in [0.05, 0.1) is 19.6 Å². The van der Waals surface area contributed by atoms with Crippen LogP contribution in [0.3, 0.4) is 0 Å². The predicted octanol–water partition coefficient (Wildman–Crippen LogP) is 1.97. The first-order valence-electron chi connectivity index (χ1n) is 8.22. The van der Waals surface area contributed by atoms with Crippen LogP contribution in [0.4, 0.5) is 5.82 Å². The van der Waals surface area contributed by atoms with E-state index in [2.05, 4.69) is 16.9 Å². The van der Waals surface area contributed by atoms with E-state index in [1.807, 2.05) is 37.3 Å². The number of nitrogens with one attached hydrogen (secondary N) is 2. The smallest absolute Gasteiger partial charge is 0.327 e. The summed E-state index contributed by atoms with van der Waals surface area (Å²) in [4.78, 5) is 11.8. The van der Waals surface area contributed by atoms with Gasteiger partial charge in [0.25, 0.3) is 5.91 Å². The fourth-order valence-corrected chi connectivity index (χ4v) is 3.17. The SMILES string of the molecule is COc1ccc(-c2n[n+]3c(c4ccc(C)cc24)NNC(=O)C3)cc1OC.